The molecule has 0 heterocycles. The van der Waals surface area contributed by atoms with E-state index < -0.39 is 30.2 Å². The van der Waals surface area contributed by atoms with Crippen molar-refractivity contribution in [1.82, 2.24) is 5.32 Å². The van der Waals surface area contributed by atoms with Crippen LogP contribution in [0.15, 0.2) is 18.2 Å². The first-order valence-electron chi connectivity index (χ1n) is 14.8. The second-order valence-electron chi connectivity index (χ2n) is 10.4. The number of benzene rings is 1. The summed E-state index contributed by atoms with van der Waals surface area (Å²) in [6.45, 7) is 7.77. The van der Waals surface area contributed by atoms with Gasteiger partial charge in [0, 0.05) is 12.5 Å². The van der Waals surface area contributed by atoms with E-state index in [4.69, 9.17) is 28.4 Å². The number of carboxylic acids is 1. The lowest BCUT2D eigenvalue weighted by molar-refractivity contribution is -0.168. The van der Waals surface area contributed by atoms with Crippen molar-refractivity contribution in [2.45, 2.75) is 116 Å². The Balaban J connectivity index is 2.35. The van der Waals surface area contributed by atoms with Gasteiger partial charge in [-0.15, -0.1) is 0 Å². The molecule has 1 aliphatic rings. The molecule has 1 aliphatic carbocycles. The monoisotopic (exact) mass is 595 g/mol. The quantitative estimate of drug-likeness (QED) is 0.0703. The van der Waals surface area contributed by atoms with Gasteiger partial charge < -0.3 is 33.5 Å². The van der Waals surface area contributed by atoms with Gasteiger partial charge in [-0.05, 0) is 69.6 Å². The molecule has 1 unspecified atom stereocenters. The Morgan fingerprint density at radius 3 is 2.05 bits per heavy atom. The molecule has 0 spiro atoms. The molecule has 0 aromatic heterocycles. The van der Waals surface area contributed by atoms with Gasteiger partial charge in [0.25, 0.3) is 5.72 Å². The first-order valence-corrected chi connectivity index (χ1v) is 14.8. The lowest BCUT2D eigenvalue weighted by Crippen LogP contribution is -2.59. The molecule has 12 heteroatoms. The Labute approximate surface area is 247 Å². The second-order valence-corrected chi connectivity index (χ2v) is 10.4. The summed E-state index contributed by atoms with van der Waals surface area (Å²) in [4.78, 5) is 50.0. The molecule has 0 radical (unpaired) electrons. The Kier molecular flexibility index (Phi) is 14.9. The van der Waals surface area contributed by atoms with Crippen LogP contribution in [0.1, 0.15) is 97.5 Å². The third-order valence-electron chi connectivity index (χ3n) is 6.79. The van der Waals surface area contributed by atoms with E-state index in [1.807, 2.05) is 20.8 Å². The van der Waals surface area contributed by atoms with E-state index in [2.05, 4.69) is 5.32 Å². The maximum Gasteiger partial charge on any atom is 0.513 e. The summed E-state index contributed by atoms with van der Waals surface area (Å²) >= 11 is 0. The fourth-order valence-electron chi connectivity index (χ4n) is 4.24. The number of nitrogens with one attached hydrogen (secondary N) is 1. The third-order valence-corrected chi connectivity index (χ3v) is 6.79. The SMILES string of the molecule is CCCCOC(=O)Oc1ccc(C[C@](NC(C)CC)(OC(=O)OC2CCCCC2)C(=O)O)cc1OC(=O)OCCCC. The van der Waals surface area contributed by atoms with E-state index in [-0.39, 0.29) is 43.3 Å². The van der Waals surface area contributed by atoms with E-state index in [1.165, 1.54) is 18.2 Å². The number of aliphatic carboxylic acids is 1. The zero-order chi connectivity index (χ0) is 31.0. The summed E-state index contributed by atoms with van der Waals surface area (Å²) in [6, 6.07) is 3.77. The van der Waals surface area contributed by atoms with Crippen molar-refractivity contribution in [3.63, 3.8) is 0 Å². The molecule has 12 nitrogen and oxygen atoms in total. The molecule has 0 aliphatic heterocycles. The summed E-state index contributed by atoms with van der Waals surface area (Å²) in [6.07, 6.45) is 3.85. The van der Waals surface area contributed by atoms with Gasteiger partial charge in [-0.3, -0.25) is 5.32 Å². The topological polar surface area (TPSA) is 156 Å². The van der Waals surface area contributed by atoms with Crippen LogP contribution in [0.4, 0.5) is 14.4 Å². The van der Waals surface area contributed by atoms with E-state index >= 15 is 0 Å². The van der Waals surface area contributed by atoms with Crippen LogP contribution in [0.5, 0.6) is 11.5 Å². The lowest BCUT2D eigenvalue weighted by Gasteiger charge is -2.33. The van der Waals surface area contributed by atoms with Crippen LogP contribution in [-0.4, -0.2) is 60.6 Å². The third kappa shape index (κ3) is 11.8. The van der Waals surface area contributed by atoms with Gasteiger partial charge in [0.05, 0.1) is 13.2 Å². The number of carbonyl (C=O) groups excluding carboxylic acids is 3. The van der Waals surface area contributed by atoms with E-state index in [1.54, 1.807) is 6.92 Å². The van der Waals surface area contributed by atoms with Gasteiger partial charge in [0.15, 0.2) is 11.5 Å². The number of rotatable bonds is 16. The average molecular weight is 596 g/mol. The highest BCUT2D eigenvalue weighted by Gasteiger charge is 2.45. The van der Waals surface area contributed by atoms with Crippen LogP contribution in [-0.2, 0) is 30.2 Å². The zero-order valence-electron chi connectivity index (χ0n) is 25.1. The molecule has 42 heavy (non-hydrogen) atoms. The van der Waals surface area contributed by atoms with Crippen molar-refractivity contribution in [2.75, 3.05) is 13.2 Å². The smallest absolute Gasteiger partial charge is 0.477 e. The molecule has 0 saturated heterocycles. The van der Waals surface area contributed by atoms with Gasteiger partial charge in [-0.1, -0.05) is 46.1 Å². The minimum atomic E-state index is -2.21. The number of carbonyl (C=O) groups is 4. The van der Waals surface area contributed by atoms with Crippen molar-refractivity contribution < 1.29 is 52.7 Å². The molecule has 236 valence electrons. The Hall–Kier alpha value is -3.54. The summed E-state index contributed by atoms with van der Waals surface area (Å²) in [5.74, 6) is -1.78. The number of carboxylic acid groups (broad SMARTS) is 1. The van der Waals surface area contributed by atoms with Crippen LogP contribution in [0.25, 0.3) is 0 Å². The molecule has 1 aromatic carbocycles. The van der Waals surface area contributed by atoms with Crippen LogP contribution >= 0.6 is 0 Å². The minimum Gasteiger partial charge on any atom is -0.477 e. The van der Waals surface area contributed by atoms with Crippen molar-refractivity contribution in [2.24, 2.45) is 0 Å². The number of ether oxygens (including phenoxy) is 6. The highest BCUT2D eigenvalue weighted by molar-refractivity contribution is 5.80. The molecular weight excluding hydrogens is 550 g/mol. The van der Waals surface area contributed by atoms with Crippen LogP contribution in [0, 0.1) is 0 Å². The maximum absolute atomic E-state index is 12.8. The Bertz CT molecular complexity index is 1020. The molecule has 1 fully saturated rings. The van der Waals surface area contributed by atoms with Gasteiger partial charge in [-0.25, -0.2) is 19.2 Å². The number of hydrogen-bond donors (Lipinski definition) is 2. The predicted octanol–water partition coefficient (Wildman–Crippen LogP) is 6.52. The maximum atomic E-state index is 12.8. The number of unbranched alkanes of at least 4 members (excludes halogenated alkanes) is 2. The zero-order valence-corrected chi connectivity index (χ0v) is 25.1. The molecule has 2 N–H and O–H groups in total. The Morgan fingerprint density at radius 2 is 1.50 bits per heavy atom. The van der Waals surface area contributed by atoms with Gasteiger partial charge >= 0.3 is 24.4 Å². The van der Waals surface area contributed by atoms with Crippen molar-refractivity contribution in [3.05, 3.63) is 23.8 Å². The molecule has 0 amide bonds. The second kappa shape index (κ2) is 18.1. The average Bonchev–Trinajstić information content (AvgIpc) is 2.95. The first kappa shape index (κ1) is 34.7. The van der Waals surface area contributed by atoms with Crippen molar-refractivity contribution >= 4 is 24.4 Å². The molecule has 2 rings (SSSR count). The van der Waals surface area contributed by atoms with E-state index in [9.17, 15) is 24.3 Å². The largest absolute Gasteiger partial charge is 0.513 e. The summed E-state index contributed by atoms with van der Waals surface area (Å²) in [5.41, 5.74) is -1.91. The van der Waals surface area contributed by atoms with Crippen LogP contribution in [0.3, 0.4) is 0 Å². The predicted molar refractivity (Wildman–Crippen MR) is 152 cm³/mol. The summed E-state index contributed by atoms with van der Waals surface area (Å²) in [7, 11) is 0. The van der Waals surface area contributed by atoms with Gasteiger partial charge in [-0.2, -0.15) is 0 Å². The van der Waals surface area contributed by atoms with Crippen LogP contribution in [0.2, 0.25) is 0 Å². The Morgan fingerprint density at radius 1 is 0.905 bits per heavy atom. The molecular formula is C30H45NO11. The van der Waals surface area contributed by atoms with E-state index in [0.717, 1.165) is 32.1 Å². The van der Waals surface area contributed by atoms with Crippen LogP contribution < -0.4 is 14.8 Å². The molecule has 1 saturated carbocycles. The normalized spacial score (nSPS) is 15.5. The highest BCUT2D eigenvalue weighted by Crippen LogP contribution is 2.32. The molecule has 0 bridgehead atoms. The van der Waals surface area contributed by atoms with Gasteiger partial charge in [0.1, 0.15) is 6.10 Å². The van der Waals surface area contributed by atoms with E-state index in [0.29, 0.717) is 37.7 Å². The fraction of sp³-hybridized carbons (Fsp3) is 0.667. The summed E-state index contributed by atoms with van der Waals surface area (Å²) < 4.78 is 31.6. The molecule has 2 atom stereocenters. The highest BCUT2D eigenvalue weighted by atomic mass is 16.8. The fourth-order valence-corrected chi connectivity index (χ4v) is 4.24. The molecule has 1 aromatic rings. The lowest BCUT2D eigenvalue weighted by atomic mass is 9.98. The first-order chi connectivity index (χ1) is 20.1. The van der Waals surface area contributed by atoms with Gasteiger partial charge in [0.2, 0.25) is 0 Å². The standard InChI is InChI=1S/C30H45NO11/c1-5-8-17-37-27(34)40-24-16-15-22(19-25(24)41-28(35)38-18-9-6-2)20-30(26(32)33,31-21(4)7-3)42-29(36)39-23-13-11-10-12-14-23/h15-16,19,21,23,31H,5-14,17-18,20H2,1-4H3,(H,32,33)/t21?,30-/m0/s1. The van der Waals surface area contributed by atoms with Crippen molar-refractivity contribution in [3.8, 4) is 11.5 Å². The number of hydrogen-bond acceptors (Lipinski definition) is 11. The van der Waals surface area contributed by atoms with Crippen molar-refractivity contribution in [1.29, 1.82) is 0 Å². The summed E-state index contributed by atoms with van der Waals surface area (Å²) in [5, 5.41) is 13.2. The minimum absolute atomic E-state index is 0.127.